The summed E-state index contributed by atoms with van der Waals surface area (Å²) in [6, 6.07) is 10.8. The van der Waals surface area contributed by atoms with E-state index in [-0.39, 0.29) is 0 Å². The molecule has 0 N–H and O–H groups in total. The number of aryl methyl sites for hydroxylation is 2. The van der Waals surface area contributed by atoms with Gasteiger partial charge < -0.3 is 9.64 Å². The lowest BCUT2D eigenvalue weighted by Crippen LogP contribution is -2.30. The summed E-state index contributed by atoms with van der Waals surface area (Å²) in [6.45, 7) is 6.25. The third-order valence-corrected chi connectivity index (χ3v) is 5.88. The maximum absolute atomic E-state index is 5.33. The first-order valence-electron chi connectivity index (χ1n) is 7.93. The van der Waals surface area contributed by atoms with Crippen LogP contribution in [0.2, 0.25) is 0 Å². The van der Waals surface area contributed by atoms with Gasteiger partial charge in [-0.15, -0.1) is 0 Å². The summed E-state index contributed by atoms with van der Waals surface area (Å²) in [6.07, 6.45) is 1.04. The van der Waals surface area contributed by atoms with Gasteiger partial charge in [-0.25, -0.2) is 4.98 Å². The highest BCUT2D eigenvalue weighted by molar-refractivity contribution is 7.22. The second kappa shape index (κ2) is 5.53. The number of fused-ring (bicyclic) bond motifs is 2. The van der Waals surface area contributed by atoms with Crippen LogP contribution in [0.4, 0.5) is 5.13 Å². The van der Waals surface area contributed by atoms with Crippen molar-refractivity contribution in [2.45, 2.75) is 26.8 Å². The number of hydrogen-bond acceptors (Lipinski definition) is 4. The minimum Gasteiger partial charge on any atom is -0.497 e. The fraction of sp³-hybridized carbons (Fsp3) is 0.316. The summed E-state index contributed by atoms with van der Waals surface area (Å²) in [5, 5.41) is 1.14. The Morgan fingerprint density at radius 1 is 1.09 bits per heavy atom. The Hall–Kier alpha value is -2.07. The lowest BCUT2D eigenvalue weighted by molar-refractivity contribution is 0.414. The molecule has 0 amide bonds. The maximum atomic E-state index is 5.33. The van der Waals surface area contributed by atoms with Gasteiger partial charge in [-0.3, -0.25) is 0 Å². The molecule has 0 radical (unpaired) electrons. The van der Waals surface area contributed by atoms with Crippen LogP contribution in [0.15, 0.2) is 30.3 Å². The number of ether oxygens (including phenoxy) is 1. The van der Waals surface area contributed by atoms with Gasteiger partial charge in [0.05, 0.1) is 17.3 Å². The zero-order valence-electron chi connectivity index (χ0n) is 13.7. The monoisotopic (exact) mass is 324 g/mol. The zero-order valence-corrected chi connectivity index (χ0v) is 14.5. The predicted molar refractivity (Wildman–Crippen MR) is 96.8 cm³/mol. The van der Waals surface area contributed by atoms with Crippen LogP contribution in [0.25, 0.3) is 10.2 Å². The van der Waals surface area contributed by atoms with Crippen LogP contribution in [0.5, 0.6) is 5.75 Å². The van der Waals surface area contributed by atoms with Gasteiger partial charge in [0.25, 0.3) is 0 Å². The molecule has 2 heterocycles. The van der Waals surface area contributed by atoms with Crippen molar-refractivity contribution in [2.75, 3.05) is 18.6 Å². The van der Waals surface area contributed by atoms with Crippen molar-refractivity contribution >= 4 is 26.7 Å². The standard InChI is InChI=1S/C19H20N2OS/c1-12-4-5-13(2)18-17(12)20-19(23-18)21-9-8-14-10-16(22-3)7-6-15(14)11-21/h4-7,10H,8-9,11H2,1-3H3. The normalized spacial score (nSPS) is 14.1. The third kappa shape index (κ3) is 2.47. The molecular weight excluding hydrogens is 304 g/mol. The second-order valence-corrected chi connectivity index (χ2v) is 7.16. The molecule has 4 rings (SSSR count). The van der Waals surface area contributed by atoms with E-state index in [4.69, 9.17) is 9.72 Å². The van der Waals surface area contributed by atoms with Gasteiger partial charge in [-0.1, -0.05) is 29.5 Å². The Labute approximate surface area is 140 Å². The van der Waals surface area contributed by atoms with E-state index < -0.39 is 0 Å². The van der Waals surface area contributed by atoms with Crippen LogP contribution in [0.3, 0.4) is 0 Å². The molecule has 1 aliphatic rings. The van der Waals surface area contributed by atoms with Crippen molar-refractivity contribution in [1.29, 1.82) is 0 Å². The van der Waals surface area contributed by atoms with E-state index in [2.05, 4.69) is 49.1 Å². The molecule has 1 aliphatic heterocycles. The Bertz CT molecular complexity index is 845. The second-order valence-electron chi connectivity index (χ2n) is 6.18. The number of anilines is 1. The van der Waals surface area contributed by atoms with Crippen LogP contribution < -0.4 is 9.64 Å². The van der Waals surface area contributed by atoms with E-state index in [1.807, 2.05) is 11.3 Å². The number of nitrogens with zero attached hydrogens (tertiary/aromatic N) is 2. The van der Waals surface area contributed by atoms with Crippen molar-refractivity contribution in [2.24, 2.45) is 0 Å². The van der Waals surface area contributed by atoms with Gasteiger partial charge in [0.1, 0.15) is 5.75 Å². The van der Waals surface area contributed by atoms with Gasteiger partial charge >= 0.3 is 0 Å². The molecule has 1 aromatic heterocycles. The van der Waals surface area contributed by atoms with E-state index in [9.17, 15) is 0 Å². The summed E-state index contributed by atoms with van der Waals surface area (Å²) < 4.78 is 6.65. The molecule has 0 atom stereocenters. The molecular formula is C19H20N2OS. The number of benzene rings is 2. The molecule has 23 heavy (non-hydrogen) atoms. The van der Waals surface area contributed by atoms with Gasteiger partial charge in [-0.2, -0.15) is 0 Å². The average molecular weight is 324 g/mol. The SMILES string of the molecule is COc1ccc2c(c1)CCN(c1nc3c(C)ccc(C)c3s1)C2. The van der Waals surface area contributed by atoms with Gasteiger partial charge in [0.15, 0.2) is 5.13 Å². The van der Waals surface area contributed by atoms with E-state index in [0.29, 0.717) is 0 Å². The first kappa shape index (κ1) is 14.5. The summed E-state index contributed by atoms with van der Waals surface area (Å²) in [7, 11) is 1.72. The van der Waals surface area contributed by atoms with Gasteiger partial charge in [-0.05, 0) is 54.7 Å². The van der Waals surface area contributed by atoms with Crippen LogP contribution in [0.1, 0.15) is 22.3 Å². The third-order valence-electron chi connectivity index (χ3n) is 4.63. The van der Waals surface area contributed by atoms with E-state index in [1.165, 1.54) is 27.0 Å². The highest BCUT2D eigenvalue weighted by atomic mass is 32.1. The zero-order chi connectivity index (χ0) is 16.0. The molecule has 0 bridgehead atoms. The number of hydrogen-bond donors (Lipinski definition) is 0. The molecule has 2 aromatic carbocycles. The first-order valence-corrected chi connectivity index (χ1v) is 8.75. The predicted octanol–water partition coefficient (Wildman–Crippen LogP) is 4.48. The van der Waals surface area contributed by atoms with Gasteiger partial charge in [0, 0.05) is 13.1 Å². The van der Waals surface area contributed by atoms with Crippen LogP contribution in [0, 0.1) is 13.8 Å². The van der Waals surface area contributed by atoms with E-state index >= 15 is 0 Å². The Morgan fingerprint density at radius 3 is 2.70 bits per heavy atom. The Balaban J connectivity index is 1.69. The van der Waals surface area contributed by atoms with Crippen molar-refractivity contribution in [3.63, 3.8) is 0 Å². The van der Waals surface area contributed by atoms with E-state index in [0.717, 1.165) is 35.9 Å². The van der Waals surface area contributed by atoms with Crippen molar-refractivity contribution in [3.05, 3.63) is 52.6 Å². The number of aromatic nitrogens is 1. The smallest absolute Gasteiger partial charge is 0.186 e. The molecule has 0 saturated carbocycles. The molecule has 4 heteroatoms. The molecule has 0 aliphatic carbocycles. The summed E-state index contributed by atoms with van der Waals surface area (Å²) in [4.78, 5) is 7.32. The van der Waals surface area contributed by atoms with Crippen LogP contribution in [-0.4, -0.2) is 18.6 Å². The largest absolute Gasteiger partial charge is 0.497 e. The van der Waals surface area contributed by atoms with Crippen molar-refractivity contribution in [3.8, 4) is 5.75 Å². The number of methoxy groups -OCH3 is 1. The fourth-order valence-electron chi connectivity index (χ4n) is 3.20. The fourth-order valence-corrected chi connectivity index (χ4v) is 4.34. The highest BCUT2D eigenvalue weighted by Crippen LogP contribution is 2.35. The lowest BCUT2D eigenvalue weighted by atomic mass is 10.00. The van der Waals surface area contributed by atoms with Crippen LogP contribution in [-0.2, 0) is 13.0 Å². The highest BCUT2D eigenvalue weighted by Gasteiger charge is 2.20. The molecule has 0 fully saturated rings. The molecule has 3 aromatic rings. The summed E-state index contributed by atoms with van der Waals surface area (Å²) >= 11 is 1.82. The van der Waals surface area contributed by atoms with E-state index in [1.54, 1.807) is 7.11 Å². The lowest BCUT2D eigenvalue weighted by Gasteiger charge is -2.28. The average Bonchev–Trinajstić information content (AvgIpc) is 3.04. The minimum atomic E-state index is 0.928. The molecule has 118 valence electrons. The Kier molecular flexibility index (Phi) is 3.49. The Morgan fingerprint density at radius 2 is 1.91 bits per heavy atom. The minimum absolute atomic E-state index is 0.928. The first-order chi connectivity index (χ1) is 11.2. The quantitative estimate of drug-likeness (QED) is 0.695. The van der Waals surface area contributed by atoms with Crippen LogP contribution >= 0.6 is 11.3 Å². The molecule has 0 spiro atoms. The van der Waals surface area contributed by atoms with Gasteiger partial charge in [0.2, 0.25) is 0 Å². The summed E-state index contributed by atoms with van der Waals surface area (Å²) in [5.74, 6) is 0.948. The molecule has 0 unspecified atom stereocenters. The van der Waals surface area contributed by atoms with Crippen molar-refractivity contribution in [1.82, 2.24) is 4.98 Å². The molecule has 0 saturated heterocycles. The van der Waals surface area contributed by atoms with Crippen molar-refractivity contribution < 1.29 is 4.74 Å². The molecule has 3 nitrogen and oxygen atoms in total. The maximum Gasteiger partial charge on any atom is 0.186 e. The number of rotatable bonds is 2. The topological polar surface area (TPSA) is 25.4 Å². The summed E-state index contributed by atoms with van der Waals surface area (Å²) in [5.41, 5.74) is 6.51. The number of thiazole rings is 1.